The van der Waals surface area contributed by atoms with Crippen molar-refractivity contribution >= 4 is 16.4 Å². The Labute approximate surface area is 168 Å². The molecule has 0 amide bonds. The third kappa shape index (κ3) is 3.21. The summed E-state index contributed by atoms with van der Waals surface area (Å²) >= 11 is 0. The summed E-state index contributed by atoms with van der Waals surface area (Å²) in [6.07, 6.45) is 6.72. The van der Waals surface area contributed by atoms with Crippen LogP contribution in [0.3, 0.4) is 0 Å². The van der Waals surface area contributed by atoms with Crippen LogP contribution in [0.4, 0.5) is 0 Å². The molecule has 29 heavy (non-hydrogen) atoms. The Hall–Kier alpha value is -3.06. The van der Waals surface area contributed by atoms with E-state index in [1.165, 1.54) is 0 Å². The molecule has 0 spiro atoms. The summed E-state index contributed by atoms with van der Waals surface area (Å²) in [5, 5.41) is 14.2. The van der Waals surface area contributed by atoms with Crippen molar-refractivity contribution in [2.75, 3.05) is 13.1 Å². The predicted octanol–water partition coefficient (Wildman–Crippen LogP) is 3.04. The molecule has 1 unspecified atom stereocenters. The molecule has 7 nitrogen and oxygen atoms in total. The molecule has 3 aromatic heterocycles. The summed E-state index contributed by atoms with van der Waals surface area (Å²) in [6, 6.07) is 8.08. The average molecular weight is 388 g/mol. The van der Waals surface area contributed by atoms with Crippen LogP contribution in [0.2, 0.25) is 0 Å². The van der Waals surface area contributed by atoms with Gasteiger partial charge in [-0.25, -0.2) is 14.2 Å². The van der Waals surface area contributed by atoms with Crippen LogP contribution >= 0.6 is 0 Å². The number of nitrogens with zero attached hydrogens (tertiary/aromatic N) is 5. The van der Waals surface area contributed by atoms with Crippen LogP contribution < -0.4 is 10.9 Å². The summed E-state index contributed by atoms with van der Waals surface area (Å²) in [6.45, 7) is 5.94. The minimum atomic E-state index is -0.00854. The first-order valence-corrected chi connectivity index (χ1v) is 10.2. The number of nitrogens with one attached hydrogen (secondary N) is 1. The molecule has 1 aromatic carbocycles. The number of hydrogen-bond acceptors (Lipinski definition) is 5. The number of aromatic nitrogens is 5. The average Bonchev–Trinajstić information content (AvgIpc) is 2.91. The Morgan fingerprint density at radius 3 is 2.93 bits per heavy atom. The van der Waals surface area contributed by atoms with E-state index in [1.807, 2.05) is 55.0 Å². The molecule has 7 heteroatoms. The van der Waals surface area contributed by atoms with E-state index >= 15 is 0 Å². The molecular weight excluding hydrogens is 364 g/mol. The van der Waals surface area contributed by atoms with Gasteiger partial charge in [0.2, 0.25) is 0 Å². The molecule has 1 atom stereocenters. The van der Waals surface area contributed by atoms with Crippen LogP contribution in [0.5, 0.6) is 0 Å². The van der Waals surface area contributed by atoms with Gasteiger partial charge in [-0.1, -0.05) is 6.07 Å². The lowest BCUT2D eigenvalue weighted by atomic mass is 10.1. The van der Waals surface area contributed by atoms with E-state index in [9.17, 15) is 4.79 Å². The highest BCUT2D eigenvalue weighted by Gasteiger charge is 2.17. The maximum atomic E-state index is 13.1. The first-order chi connectivity index (χ1) is 14.1. The Morgan fingerprint density at radius 2 is 2.03 bits per heavy atom. The zero-order valence-corrected chi connectivity index (χ0v) is 16.7. The SMILES string of the molecule is Cc1cn2nc(-c3ccc4c(=O)n(C5CCCNCC5)ncc4c3)cc(C)c2n1. The van der Waals surface area contributed by atoms with Crippen molar-refractivity contribution < 1.29 is 0 Å². The van der Waals surface area contributed by atoms with Crippen molar-refractivity contribution in [3.05, 3.63) is 58.3 Å². The second-order valence-electron chi connectivity index (χ2n) is 7.89. The summed E-state index contributed by atoms with van der Waals surface area (Å²) in [7, 11) is 0. The lowest BCUT2D eigenvalue weighted by molar-refractivity contribution is 0.399. The molecule has 0 bridgehead atoms. The fourth-order valence-corrected chi connectivity index (χ4v) is 4.22. The van der Waals surface area contributed by atoms with Gasteiger partial charge in [-0.05, 0) is 70.0 Å². The molecule has 0 saturated carbocycles. The molecule has 0 aliphatic carbocycles. The van der Waals surface area contributed by atoms with Crippen LogP contribution in [0, 0.1) is 13.8 Å². The fraction of sp³-hybridized carbons (Fsp3) is 0.364. The third-order valence-electron chi connectivity index (χ3n) is 5.73. The van der Waals surface area contributed by atoms with E-state index in [0.29, 0.717) is 5.39 Å². The van der Waals surface area contributed by atoms with Crippen molar-refractivity contribution in [2.24, 2.45) is 0 Å². The summed E-state index contributed by atoms with van der Waals surface area (Å²) in [4.78, 5) is 17.6. The highest BCUT2D eigenvalue weighted by Crippen LogP contribution is 2.24. The minimum Gasteiger partial charge on any atom is -0.317 e. The Balaban J connectivity index is 1.57. The van der Waals surface area contributed by atoms with Crippen LogP contribution in [0.25, 0.3) is 27.7 Å². The number of benzene rings is 1. The van der Waals surface area contributed by atoms with Gasteiger partial charge < -0.3 is 5.32 Å². The quantitative estimate of drug-likeness (QED) is 0.571. The molecule has 1 N–H and O–H groups in total. The second kappa shape index (κ2) is 7.08. The lowest BCUT2D eigenvalue weighted by Gasteiger charge is -2.16. The summed E-state index contributed by atoms with van der Waals surface area (Å²) in [5.41, 5.74) is 4.69. The molecule has 1 aliphatic rings. The van der Waals surface area contributed by atoms with Crippen molar-refractivity contribution in [3.8, 4) is 11.3 Å². The molecule has 1 aliphatic heterocycles. The molecule has 1 fully saturated rings. The molecule has 4 aromatic rings. The zero-order valence-electron chi connectivity index (χ0n) is 16.7. The number of rotatable bonds is 2. The van der Waals surface area contributed by atoms with Crippen LogP contribution in [0.15, 0.2) is 41.5 Å². The van der Waals surface area contributed by atoms with Crippen molar-refractivity contribution in [1.82, 2.24) is 29.7 Å². The summed E-state index contributed by atoms with van der Waals surface area (Å²) < 4.78 is 3.50. The molecule has 148 valence electrons. The van der Waals surface area contributed by atoms with Crippen LogP contribution in [-0.2, 0) is 0 Å². The maximum Gasteiger partial charge on any atom is 0.274 e. The van der Waals surface area contributed by atoms with Gasteiger partial charge in [0.15, 0.2) is 5.65 Å². The Morgan fingerprint density at radius 1 is 1.14 bits per heavy atom. The van der Waals surface area contributed by atoms with Gasteiger partial charge in [0.25, 0.3) is 5.56 Å². The molecule has 5 rings (SSSR count). The molecular formula is C22H24N6O. The summed E-state index contributed by atoms with van der Waals surface area (Å²) in [5.74, 6) is 0. The smallest absolute Gasteiger partial charge is 0.274 e. The Kier molecular flexibility index (Phi) is 4.39. The van der Waals surface area contributed by atoms with Gasteiger partial charge in [-0.3, -0.25) is 4.79 Å². The number of hydrogen-bond donors (Lipinski definition) is 1. The van der Waals surface area contributed by atoms with Crippen molar-refractivity contribution in [2.45, 2.75) is 39.2 Å². The van der Waals surface area contributed by atoms with E-state index in [1.54, 1.807) is 4.68 Å². The molecule has 1 saturated heterocycles. The fourth-order valence-electron chi connectivity index (χ4n) is 4.22. The topological polar surface area (TPSA) is 77.1 Å². The van der Waals surface area contributed by atoms with Gasteiger partial charge in [-0.15, -0.1) is 0 Å². The first kappa shape index (κ1) is 18.0. The normalized spacial score (nSPS) is 17.7. The highest BCUT2D eigenvalue weighted by molar-refractivity contribution is 5.85. The number of fused-ring (bicyclic) bond motifs is 2. The zero-order chi connectivity index (χ0) is 20.0. The van der Waals surface area contributed by atoms with Crippen molar-refractivity contribution in [3.63, 3.8) is 0 Å². The van der Waals surface area contributed by atoms with Crippen LogP contribution in [0.1, 0.15) is 36.6 Å². The first-order valence-electron chi connectivity index (χ1n) is 10.2. The largest absolute Gasteiger partial charge is 0.317 e. The molecule has 0 radical (unpaired) electrons. The number of imidazole rings is 1. The van der Waals surface area contributed by atoms with E-state index in [0.717, 1.165) is 65.9 Å². The van der Waals surface area contributed by atoms with Gasteiger partial charge >= 0.3 is 0 Å². The van der Waals surface area contributed by atoms with Crippen molar-refractivity contribution in [1.29, 1.82) is 0 Å². The predicted molar refractivity (Wildman–Crippen MR) is 113 cm³/mol. The van der Waals surface area contributed by atoms with E-state index in [4.69, 9.17) is 5.10 Å². The van der Waals surface area contributed by atoms with Crippen LogP contribution in [-0.4, -0.2) is 37.5 Å². The standard InChI is InChI=1S/C22H24N6O/c1-14-10-20(26-27-13-15(2)25-21(14)27)16-5-6-19-17(11-16)12-24-28(22(19)29)18-4-3-8-23-9-7-18/h5-6,10-13,18,23H,3-4,7-9H2,1-2H3. The lowest BCUT2D eigenvalue weighted by Crippen LogP contribution is -2.28. The number of aryl methyl sites for hydroxylation is 2. The van der Waals surface area contributed by atoms with E-state index in [-0.39, 0.29) is 11.6 Å². The van der Waals surface area contributed by atoms with Gasteiger partial charge in [0.05, 0.1) is 35.2 Å². The minimum absolute atomic E-state index is 0.00854. The monoisotopic (exact) mass is 388 g/mol. The third-order valence-corrected chi connectivity index (χ3v) is 5.73. The Bertz CT molecular complexity index is 1260. The maximum absolute atomic E-state index is 13.1. The van der Waals surface area contributed by atoms with Gasteiger partial charge in [0, 0.05) is 10.9 Å². The second-order valence-corrected chi connectivity index (χ2v) is 7.89. The van der Waals surface area contributed by atoms with Gasteiger partial charge in [0.1, 0.15) is 0 Å². The molecule has 4 heterocycles. The van der Waals surface area contributed by atoms with Gasteiger partial charge in [-0.2, -0.15) is 10.2 Å². The highest BCUT2D eigenvalue weighted by atomic mass is 16.1. The van der Waals surface area contributed by atoms with E-state index in [2.05, 4.69) is 15.4 Å². The van der Waals surface area contributed by atoms with E-state index < -0.39 is 0 Å².